The number of esters is 1. The average molecular weight is 305 g/mol. The number of carbonyl (C=O) groups excluding carboxylic acids is 2. The molecule has 0 atom stereocenters. The molecule has 1 saturated heterocycles. The van der Waals surface area contributed by atoms with E-state index in [1.54, 1.807) is 31.2 Å². The van der Waals surface area contributed by atoms with Crippen molar-refractivity contribution < 1.29 is 19.1 Å². The molecule has 1 aromatic carbocycles. The molecule has 5 heteroatoms. The van der Waals surface area contributed by atoms with Gasteiger partial charge in [-0.15, -0.1) is 0 Å². The predicted molar refractivity (Wildman–Crippen MR) is 82.9 cm³/mol. The molecule has 1 heterocycles. The van der Waals surface area contributed by atoms with Crippen molar-refractivity contribution in [1.29, 1.82) is 0 Å². The van der Waals surface area contributed by atoms with E-state index in [4.69, 9.17) is 9.47 Å². The molecule has 1 aliphatic heterocycles. The van der Waals surface area contributed by atoms with E-state index in [0.717, 1.165) is 25.9 Å². The third-order valence-electron chi connectivity index (χ3n) is 3.67. The van der Waals surface area contributed by atoms with Crippen molar-refractivity contribution in [3.05, 3.63) is 29.8 Å². The molecule has 0 unspecified atom stereocenters. The maximum absolute atomic E-state index is 12.2. The average Bonchev–Trinajstić information content (AvgIpc) is 2.82. The summed E-state index contributed by atoms with van der Waals surface area (Å²) in [5, 5.41) is 0. The van der Waals surface area contributed by atoms with E-state index in [1.807, 2.05) is 4.90 Å². The summed E-state index contributed by atoms with van der Waals surface area (Å²) in [5.41, 5.74) is 0.432. The van der Waals surface area contributed by atoms with Gasteiger partial charge >= 0.3 is 5.97 Å². The van der Waals surface area contributed by atoms with Crippen molar-refractivity contribution in [3.63, 3.8) is 0 Å². The third-order valence-corrected chi connectivity index (χ3v) is 3.67. The lowest BCUT2D eigenvalue weighted by molar-refractivity contribution is -0.133. The zero-order valence-electron chi connectivity index (χ0n) is 13.0. The van der Waals surface area contributed by atoms with Crippen LogP contribution in [-0.4, -0.2) is 43.1 Å². The summed E-state index contributed by atoms with van der Waals surface area (Å²) < 4.78 is 10.5. The first kappa shape index (κ1) is 16.3. The second kappa shape index (κ2) is 8.41. The Labute approximate surface area is 131 Å². The fraction of sp³-hybridized carbons (Fsp3) is 0.529. The van der Waals surface area contributed by atoms with Gasteiger partial charge in [0.15, 0.2) is 6.61 Å². The summed E-state index contributed by atoms with van der Waals surface area (Å²) in [6.07, 6.45) is 4.49. The van der Waals surface area contributed by atoms with Gasteiger partial charge in [0.2, 0.25) is 0 Å². The van der Waals surface area contributed by atoms with E-state index in [1.165, 1.54) is 12.8 Å². The molecule has 22 heavy (non-hydrogen) atoms. The zero-order valence-corrected chi connectivity index (χ0v) is 13.0. The van der Waals surface area contributed by atoms with Gasteiger partial charge in [0.1, 0.15) is 5.75 Å². The number of hydrogen-bond donors (Lipinski definition) is 0. The van der Waals surface area contributed by atoms with Gasteiger partial charge in [0, 0.05) is 13.1 Å². The first-order valence-electron chi connectivity index (χ1n) is 7.88. The van der Waals surface area contributed by atoms with E-state index in [0.29, 0.717) is 17.9 Å². The minimum absolute atomic E-state index is 0.00318. The molecule has 0 saturated carbocycles. The largest absolute Gasteiger partial charge is 0.484 e. The van der Waals surface area contributed by atoms with E-state index < -0.39 is 0 Å². The molecule has 0 spiro atoms. The first-order valence-corrected chi connectivity index (χ1v) is 7.88. The molecule has 0 N–H and O–H groups in total. The second-order valence-electron chi connectivity index (χ2n) is 5.33. The number of amides is 1. The van der Waals surface area contributed by atoms with Crippen molar-refractivity contribution in [3.8, 4) is 5.75 Å². The van der Waals surface area contributed by atoms with Crippen LogP contribution in [0.4, 0.5) is 0 Å². The van der Waals surface area contributed by atoms with Gasteiger partial charge in [-0.3, -0.25) is 4.79 Å². The minimum Gasteiger partial charge on any atom is -0.484 e. The van der Waals surface area contributed by atoms with Crippen LogP contribution < -0.4 is 4.74 Å². The van der Waals surface area contributed by atoms with Crippen LogP contribution in [0.3, 0.4) is 0 Å². The van der Waals surface area contributed by atoms with Crippen LogP contribution in [0.5, 0.6) is 5.75 Å². The lowest BCUT2D eigenvalue weighted by Crippen LogP contribution is -2.35. The fourth-order valence-electron chi connectivity index (χ4n) is 2.48. The number of rotatable bonds is 5. The third kappa shape index (κ3) is 4.76. The van der Waals surface area contributed by atoms with Gasteiger partial charge in [0.05, 0.1) is 12.2 Å². The van der Waals surface area contributed by atoms with Crippen LogP contribution in [-0.2, 0) is 9.53 Å². The highest BCUT2D eigenvalue weighted by Gasteiger charge is 2.16. The highest BCUT2D eigenvalue weighted by atomic mass is 16.5. The predicted octanol–water partition coefficient (Wildman–Crippen LogP) is 2.64. The Morgan fingerprint density at radius 3 is 2.55 bits per heavy atom. The number of hydrogen-bond acceptors (Lipinski definition) is 4. The summed E-state index contributed by atoms with van der Waals surface area (Å²) >= 11 is 0. The molecular weight excluding hydrogens is 282 g/mol. The lowest BCUT2D eigenvalue weighted by atomic mass is 10.2. The number of carbonyl (C=O) groups is 2. The van der Waals surface area contributed by atoms with Crippen LogP contribution in [0.25, 0.3) is 0 Å². The summed E-state index contributed by atoms with van der Waals surface area (Å²) in [4.78, 5) is 25.7. The van der Waals surface area contributed by atoms with Crippen molar-refractivity contribution in [2.75, 3.05) is 26.3 Å². The molecule has 0 aliphatic carbocycles. The van der Waals surface area contributed by atoms with Gasteiger partial charge in [-0.05, 0) is 38.0 Å². The molecule has 1 aliphatic rings. The molecule has 1 fully saturated rings. The van der Waals surface area contributed by atoms with E-state index in [9.17, 15) is 9.59 Å². The van der Waals surface area contributed by atoms with E-state index in [2.05, 4.69) is 0 Å². The molecule has 0 aromatic heterocycles. The molecule has 5 nitrogen and oxygen atoms in total. The summed E-state index contributed by atoms with van der Waals surface area (Å²) in [7, 11) is 0. The van der Waals surface area contributed by atoms with Crippen molar-refractivity contribution in [2.45, 2.75) is 32.6 Å². The maximum Gasteiger partial charge on any atom is 0.338 e. The molecule has 0 bridgehead atoms. The summed E-state index contributed by atoms with van der Waals surface area (Å²) in [6, 6.07) is 6.73. The Bertz CT molecular complexity index is 507. The van der Waals surface area contributed by atoms with Crippen LogP contribution >= 0.6 is 0 Å². The smallest absolute Gasteiger partial charge is 0.338 e. The van der Waals surface area contributed by atoms with Crippen molar-refractivity contribution in [1.82, 2.24) is 4.90 Å². The number of likely N-dealkylation sites (tertiary alicyclic amines) is 1. The standard InChI is InChI=1S/C17H23NO4/c1-2-21-17(20)14-8-7-9-15(12-14)22-13-16(19)18-10-5-3-4-6-11-18/h7-9,12H,2-6,10-11,13H2,1H3. The molecule has 0 radical (unpaired) electrons. The number of benzene rings is 1. The molecule has 1 aromatic rings. The minimum atomic E-state index is -0.383. The molecule has 120 valence electrons. The van der Waals surface area contributed by atoms with Gasteiger partial charge < -0.3 is 14.4 Å². The Morgan fingerprint density at radius 1 is 1.14 bits per heavy atom. The van der Waals surface area contributed by atoms with E-state index >= 15 is 0 Å². The van der Waals surface area contributed by atoms with Crippen LogP contribution in [0.15, 0.2) is 24.3 Å². The maximum atomic E-state index is 12.2. The normalized spacial score (nSPS) is 15.0. The van der Waals surface area contributed by atoms with Crippen LogP contribution in [0.1, 0.15) is 43.0 Å². The monoisotopic (exact) mass is 305 g/mol. The summed E-state index contributed by atoms with van der Waals surface area (Å²) in [5.74, 6) is 0.129. The highest BCUT2D eigenvalue weighted by molar-refractivity contribution is 5.89. The highest BCUT2D eigenvalue weighted by Crippen LogP contribution is 2.15. The van der Waals surface area contributed by atoms with Crippen LogP contribution in [0, 0.1) is 0 Å². The first-order chi connectivity index (χ1) is 10.7. The van der Waals surface area contributed by atoms with Crippen LogP contribution in [0.2, 0.25) is 0 Å². The fourth-order valence-corrected chi connectivity index (χ4v) is 2.48. The van der Waals surface area contributed by atoms with Gasteiger partial charge in [0.25, 0.3) is 5.91 Å². The lowest BCUT2D eigenvalue weighted by Gasteiger charge is -2.20. The molecular formula is C17H23NO4. The van der Waals surface area contributed by atoms with Gasteiger partial charge in [-0.25, -0.2) is 4.79 Å². The SMILES string of the molecule is CCOC(=O)c1cccc(OCC(=O)N2CCCCCC2)c1. The molecule has 2 rings (SSSR count). The number of ether oxygens (including phenoxy) is 2. The van der Waals surface area contributed by atoms with Gasteiger partial charge in [-0.2, -0.15) is 0 Å². The van der Waals surface area contributed by atoms with Crippen molar-refractivity contribution >= 4 is 11.9 Å². The Hall–Kier alpha value is -2.04. The Morgan fingerprint density at radius 2 is 1.86 bits per heavy atom. The topological polar surface area (TPSA) is 55.8 Å². The quantitative estimate of drug-likeness (QED) is 0.785. The van der Waals surface area contributed by atoms with Gasteiger partial charge in [-0.1, -0.05) is 18.9 Å². The Balaban J connectivity index is 1.89. The van der Waals surface area contributed by atoms with Crippen molar-refractivity contribution in [2.24, 2.45) is 0 Å². The Kier molecular flexibility index (Phi) is 6.25. The summed E-state index contributed by atoms with van der Waals surface area (Å²) in [6.45, 7) is 3.72. The van der Waals surface area contributed by atoms with E-state index in [-0.39, 0.29) is 18.5 Å². The second-order valence-corrected chi connectivity index (χ2v) is 5.33. The molecule has 1 amide bonds. The zero-order chi connectivity index (χ0) is 15.8. The number of nitrogens with zero attached hydrogens (tertiary/aromatic N) is 1.